The summed E-state index contributed by atoms with van der Waals surface area (Å²) < 4.78 is 0. The van der Waals surface area contributed by atoms with Gasteiger partial charge in [0.2, 0.25) is 5.91 Å². The number of aliphatic hydroxyl groups is 1. The lowest BCUT2D eigenvalue weighted by atomic mass is 10.1. The smallest absolute Gasteiger partial charge is 0.256 e. The van der Waals surface area contributed by atoms with E-state index >= 15 is 0 Å². The molecule has 1 saturated heterocycles. The van der Waals surface area contributed by atoms with Gasteiger partial charge in [-0.05, 0) is 36.2 Å². The highest BCUT2D eigenvalue weighted by atomic mass is 35.5. The third-order valence-electron chi connectivity index (χ3n) is 4.36. The maximum atomic E-state index is 12.5. The van der Waals surface area contributed by atoms with Crippen molar-refractivity contribution >= 4 is 29.1 Å². The van der Waals surface area contributed by atoms with Crippen molar-refractivity contribution in [2.75, 3.05) is 24.5 Å². The summed E-state index contributed by atoms with van der Waals surface area (Å²) in [5.41, 5.74) is 2.33. The highest BCUT2D eigenvalue weighted by molar-refractivity contribution is 6.30. The fourth-order valence-electron chi connectivity index (χ4n) is 2.94. The predicted octanol–water partition coefficient (Wildman–Crippen LogP) is 2.56. The number of amides is 2. The van der Waals surface area contributed by atoms with Gasteiger partial charge in [-0.1, -0.05) is 41.9 Å². The van der Waals surface area contributed by atoms with E-state index in [0.717, 1.165) is 11.3 Å². The number of hydrogen-bond acceptors (Lipinski definition) is 3. The zero-order valence-corrected chi connectivity index (χ0v) is 14.6. The van der Waals surface area contributed by atoms with Crippen LogP contribution in [0.5, 0.6) is 0 Å². The van der Waals surface area contributed by atoms with Crippen LogP contribution in [0.1, 0.15) is 17.2 Å². The number of hydrogen-bond donors (Lipinski definition) is 1. The van der Waals surface area contributed by atoms with Crippen LogP contribution in [0.4, 0.5) is 5.69 Å². The molecule has 0 saturated carbocycles. The molecule has 0 aliphatic carbocycles. The number of halogens is 1. The number of carbonyl (C=O) groups excluding carboxylic acids is 2. The maximum Gasteiger partial charge on any atom is 0.256 e. The van der Waals surface area contributed by atoms with E-state index in [4.69, 9.17) is 11.6 Å². The van der Waals surface area contributed by atoms with Crippen LogP contribution in [0, 0.1) is 6.92 Å². The van der Waals surface area contributed by atoms with Crippen molar-refractivity contribution in [1.82, 2.24) is 4.90 Å². The molecule has 130 valence electrons. The second kappa shape index (κ2) is 7.25. The number of para-hydroxylation sites is 1. The molecule has 0 unspecified atom stereocenters. The minimum absolute atomic E-state index is 0.0438. The summed E-state index contributed by atoms with van der Waals surface area (Å²) in [5, 5.41) is 10.8. The summed E-state index contributed by atoms with van der Waals surface area (Å²) in [5.74, 6) is -0.627. The summed E-state index contributed by atoms with van der Waals surface area (Å²) >= 11 is 5.82. The van der Waals surface area contributed by atoms with Crippen LogP contribution in [0.2, 0.25) is 5.02 Å². The number of anilines is 1. The number of aryl methyl sites for hydroxylation is 1. The van der Waals surface area contributed by atoms with Crippen LogP contribution in [0.3, 0.4) is 0 Å². The van der Waals surface area contributed by atoms with Crippen molar-refractivity contribution in [3.8, 4) is 0 Å². The summed E-state index contributed by atoms with van der Waals surface area (Å²) in [7, 11) is 0. The van der Waals surface area contributed by atoms with Crippen LogP contribution >= 0.6 is 11.6 Å². The van der Waals surface area contributed by atoms with Gasteiger partial charge in [-0.2, -0.15) is 0 Å². The third-order valence-corrected chi connectivity index (χ3v) is 4.61. The second-order valence-electron chi connectivity index (χ2n) is 6.05. The van der Waals surface area contributed by atoms with Crippen molar-refractivity contribution in [1.29, 1.82) is 0 Å². The van der Waals surface area contributed by atoms with Crippen molar-refractivity contribution in [3.63, 3.8) is 0 Å². The van der Waals surface area contributed by atoms with E-state index in [2.05, 4.69) is 0 Å². The van der Waals surface area contributed by atoms with Gasteiger partial charge in [-0.25, -0.2) is 0 Å². The average Bonchev–Trinajstić information content (AvgIpc) is 2.62. The minimum atomic E-state index is -1.30. The standard InChI is InChI=1S/C19H19ClN2O3/c1-13-4-2-3-5-16(13)22-11-10-21(12-17(22)23)19(25)18(24)14-6-8-15(20)9-7-14/h2-9,18,24H,10-12H2,1H3/t18-/m0/s1. The van der Waals surface area contributed by atoms with E-state index in [0.29, 0.717) is 23.7 Å². The number of aliphatic hydroxyl groups excluding tert-OH is 1. The van der Waals surface area contributed by atoms with Gasteiger partial charge in [0.15, 0.2) is 6.10 Å². The quantitative estimate of drug-likeness (QED) is 0.917. The molecule has 0 aromatic heterocycles. The van der Waals surface area contributed by atoms with Crippen molar-refractivity contribution < 1.29 is 14.7 Å². The first-order chi connectivity index (χ1) is 12.0. The molecular weight excluding hydrogens is 340 g/mol. The molecule has 2 aromatic carbocycles. The first kappa shape index (κ1) is 17.5. The molecule has 1 N–H and O–H groups in total. The Morgan fingerprint density at radius 2 is 1.80 bits per heavy atom. The van der Waals surface area contributed by atoms with Crippen molar-refractivity contribution in [3.05, 3.63) is 64.7 Å². The largest absolute Gasteiger partial charge is 0.378 e. The Bertz CT molecular complexity index is 792. The number of carbonyl (C=O) groups is 2. The molecule has 1 heterocycles. The van der Waals surface area contributed by atoms with Crippen molar-refractivity contribution in [2.24, 2.45) is 0 Å². The van der Waals surface area contributed by atoms with Crippen LogP contribution < -0.4 is 4.90 Å². The molecular formula is C19H19ClN2O3. The van der Waals surface area contributed by atoms with E-state index < -0.39 is 12.0 Å². The average molecular weight is 359 g/mol. The fourth-order valence-corrected chi connectivity index (χ4v) is 3.07. The Morgan fingerprint density at radius 3 is 2.44 bits per heavy atom. The highest BCUT2D eigenvalue weighted by Crippen LogP contribution is 2.23. The van der Waals surface area contributed by atoms with Gasteiger partial charge in [0.05, 0.1) is 0 Å². The number of piperazine rings is 1. The molecule has 0 bridgehead atoms. The highest BCUT2D eigenvalue weighted by Gasteiger charge is 2.32. The molecule has 1 fully saturated rings. The molecule has 1 aliphatic heterocycles. The Labute approximate surface area is 151 Å². The van der Waals surface area contributed by atoms with E-state index in [-0.39, 0.29) is 12.5 Å². The summed E-state index contributed by atoms with van der Waals surface area (Å²) in [4.78, 5) is 28.1. The Kier molecular flexibility index (Phi) is 5.06. The number of rotatable bonds is 3. The third kappa shape index (κ3) is 3.67. The monoisotopic (exact) mass is 358 g/mol. The first-order valence-corrected chi connectivity index (χ1v) is 8.43. The van der Waals surface area contributed by atoms with E-state index in [1.54, 1.807) is 29.2 Å². The molecule has 3 rings (SSSR count). The summed E-state index contributed by atoms with van der Waals surface area (Å²) in [6, 6.07) is 14.1. The van der Waals surface area contributed by atoms with E-state index in [9.17, 15) is 14.7 Å². The normalized spacial score (nSPS) is 16.0. The molecule has 2 amide bonds. The zero-order chi connectivity index (χ0) is 18.0. The lowest BCUT2D eigenvalue weighted by molar-refractivity contribution is -0.144. The zero-order valence-electron chi connectivity index (χ0n) is 13.9. The lowest BCUT2D eigenvalue weighted by Crippen LogP contribution is -2.53. The van der Waals surface area contributed by atoms with Crippen LogP contribution in [-0.4, -0.2) is 41.5 Å². The second-order valence-corrected chi connectivity index (χ2v) is 6.48. The predicted molar refractivity (Wildman–Crippen MR) is 96.5 cm³/mol. The first-order valence-electron chi connectivity index (χ1n) is 8.05. The van der Waals surface area contributed by atoms with Gasteiger partial charge >= 0.3 is 0 Å². The molecule has 5 nitrogen and oxygen atoms in total. The van der Waals surface area contributed by atoms with Crippen LogP contribution in [-0.2, 0) is 9.59 Å². The Balaban J connectivity index is 1.70. The van der Waals surface area contributed by atoms with Gasteiger partial charge < -0.3 is 14.9 Å². The Morgan fingerprint density at radius 1 is 1.12 bits per heavy atom. The van der Waals surface area contributed by atoms with Gasteiger partial charge in [0.25, 0.3) is 5.91 Å². The Hall–Kier alpha value is -2.37. The van der Waals surface area contributed by atoms with Gasteiger partial charge in [-0.15, -0.1) is 0 Å². The van der Waals surface area contributed by atoms with Gasteiger partial charge in [0.1, 0.15) is 6.54 Å². The molecule has 1 aliphatic rings. The van der Waals surface area contributed by atoms with E-state index in [1.807, 2.05) is 31.2 Å². The van der Waals surface area contributed by atoms with Crippen molar-refractivity contribution in [2.45, 2.75) is 13.0 Å². The van der Waals surface area contributed by atoms with Gasteiger partial charge in [-0.3, -0.25) is 9.59 Å². The summed E-state index contributed by atoms with van der Waals surface area (Å²) in [6.07, 6.45) is -1.30. The molecule has 0 spiro atoms. The lowest BCUT2D eigenvalue weighted by Gasteiger charge is -2.35. The maximum absolute atomic E-state index is 12.5. The topological polar surface area (TPSA) is 60.9 Å². The SMILES string of the molecule is Cc1ccccc1N1CCN(C(=O)[C@@H](O)c2ccc(Cl)cc2)CC1=O. The van der Waals surface area contributed by atoms with Gasteiger partial charge in [0, 0.05) is 23.8 Å². The fraction of sp³-hybridized carbons (Fsp3) is 0.263. The molecule has 6 heteroatoms. The summed E-state index contributed by atoms with van der Waals surface area (Å²) in [6.45, 7) is 2.69. The van der Waals surface area contributed by atoms with E-state index in [1.165, 1.54) is 4.90 Å². The number of nitrogens with zero attached hydrogens (tertiary/aromatic N) is 2. The number of benzene rings is 2. The minimum Gasteiger partial charge on any atom is -0.378 e. The van der Waals surface area contributed by atoms with Crippen LogP contribution in [0.15, 0.2) is 48.5 Å². The molecule has 2 aromatic rings. The van der Waals surface area contributed by atoms with Crippen LogP contribution in [0.25, 0.3) is 0 Å². The molecule has 0 radical (unpaired) electrons. The molecule has 25 heavy (non-hydrogen) atoms. The molecule has 1 atom stereocenters.